The summed E-state index contributed by atoms with van der Waals surface area (Å²) in [6.07, 6.45) is 0. The summed E-state index contributed by atoms with van der Waals surface area (Å²) in [6, 6.07) is 15.8. The minimum Gasteiger partial charge on any atom is -0.482 e. The van der Waals surface area contributed by atoms with Gasteiger partial charge in [0.2, 0.25) is 0 Å². The van der Waals surface area contributed by atoms with E-state index in [2.05, 4.69) is 10.0 Å². The average molecular weight is 483 g/mol. The smallest absolute Gasteiger partial charge is 0.261 e. The predicted molar refractivity (Wildman–Crippen MR) is 117 cm³/mol. The number of amides is 1. The molecule has 31 heavy (non-hydrogen) atoms. The molecule has 0 saturated heterocycles. The monoisotopic (exact) mass is 482 g/mol. The highest BCUT2D eigenvalue weighted by atomic mass is 35.5. The van der Waals surface area contributed by atoms with Crippen LogP contribution in [0.3, 0.4) is 0 Å². The van der Waals surface area contributed by atoms with Gasteiger partial charge < -0.3 is 10.1 Å². The largest absolute Gasteiger partial charge is 0.482 e. The lowest BCUT2D eigenvalue weighted by atomic mass is 10.2. The first-order valence-corrected chi connectivity index (χ1v) is 11.2. The number of ether oxygens (including phenoxy) is 1. The summed E-state index contributed by atoms with van der Waals surface area (Å²) in [7, 11) is -3.94. The van der Waals surface area contributed by atoms with Gasteiger partial charge in [-0.15, -0.1) is 0 Å². The third-order valence-electron chi connectivity index (χ3n) is 4.07. The number of carbonyl (C=O) groups is 1. The average Bonchev–Trinajstić information content (AvgIpc) is 2.74. The van der Waals surface area contributed by atoms with Crippen LogP contribution in [-0.4, -0.2) is 20.9 Å². The van der Waals surface area contributed by atoms with Crippen LogP contribution < -0.4 is 14.8 Å². The summed E-state index contributed by atoms with van der Waals surface area (Å²) in [6.45, 7) is 0.00651. The molecule has 3 aromatic carbocycles. The summed E-state index contributed by atoms with van der Waals surface area (Å²) in [4.78, 5) is 11.9. The summed E-state index contributed by atoms with van der Waals surface area (Å²) < 4.78 is 45.6. The first kappa shape index (κ1) is 22.9. The van der Waals surface area contributed by atoms with Crippen LogP contribution in [0.15, 0.2) is 71.6 Å². The van der Waals surface area contributed by atoms with Gasteiger partial charge in [0.15, 0.2) is 6.61 Å². The molecule has 0 aliphatic carbocycles. The van der Waals surface area contributed by atoms with E-state index in [1.165, 1.54) is 30.3 Å². The van der Waals surface area contributed by atoms with Crippen LogP contribution in [0.5, 0.6) is 5.75 Å². The molecular weight excluding hydrogens is 466 g/mol. The van der Waals surface area contributed by atoms with Gasteiger partial charge in [0, 0.05) is 17.3 Å². The number of hydrogen-bond acceptors (Lipinski definition) is 4. The number of anilines is 1. The van der Waals surface area contributed by atoms with Crippen LogP contribution in [0, 0.1) is 5.82 Å². The fourth-order valence-corrected chi connectivity index (χ4v) is 4.01. The maximum Gasteiger partial charge on any atom is 0.261 e. The Bertz CT molecular complexity index is 1170. The van der Waals surface area contributed by atoms with Gasteiger partial charge in [-0.25, -0.2) is 12.8 Å². The predicted octanol–water partition coefficient (Wildman–Crippen LogP) is 4.63. The molecule has 162 valence electrons. The number of rotatable bonds is 8. The molecule has 0 aliphatic rings. The Labute approximate surface area is 189 Å². The van der Waals surface area contributed by atoms with Gasteiger partial charge in [0.25, 0.3) is 15.9 Å². The molecule has 3 aromatic rings. The van der Waals surface area contributed by atoms with Crippen molar-refractivity contribution in [2.24, 2.45) is 0 Å². The fourth-order valence-electron chi connectivity index (χ4n) is 2.50. The first-order valence-electron chi connectivity index (χ1n) is 8.95. The molecule has 0 bridgehead atoms. The van der Waals surface area contributed by atoms with Gasteiger partial charge in [-0.2, -0.15) is 0 Å². The molecule has 2 N–H and O–H groups in total. The summed E-state index contributed by atoms with van der Waals surface area (Å²) >= 11 is 11.9. The number of nitrogens with one attached hydrogen (secondary N) is 2. The van der Waals surface area contributed by atoms with Gasteiger partial charge in [-0.3, -0.25) is 9.52 Å². The lowest BCUT2D eigenvalue weighted by Gasteiger charge is -2.12. The van der Waals surface area contributed by atoms with Crippen LogP contribution in [0.4, 0.5) is 10.1 Å². The molecule has 0 radical (unpaired) electrons. The van der Waals surface area contributed by atoms with E-state index in [9.17, 15) is 17.6 Å². The number of carbonyl (C=O) groups excluding carboxylic acids is 1. The lowest BCUT2D eigenvalue weighted by Crippen LogP contribution is -2.28. The third-order valence-corrected chi connectivity index (χ3v) is 6.00. The second kappa shape index (κ2) is 10.00. The van der Waals surface area contributed by atoms with Crippen LogP contribution >= 0.6 is 23.2 Å². The van der Waals surface area contributed by atoms with Crippen molar-refractivity contribution in [3.05, 3.63) is 88.2 Å². The van der Waals surface area contributed by atoms with E-state index < -0.39 is 15.8 Å². The molecule has 3 rings (SSSR count). The molecule has 0 atom stereocenters. The molecule has 0 spiro atoms. The van der Waals surface area contributed by atoms with Crippen molar-refractivity contribution in [2.75, 3.05) is 11.3 Å². The van der Waals surface area contributed by atoms with Crippen molar-refractivity contribution in [2.45, 2.75) is 11.4 Å². The number of hydrogen-bond donors (Lipinski definition) is 2. The highest BCUT2D eigenvalue weighted by Crippen LogP contribution is 2.28. The molecule has 0 aliphatic heterocycles. The van der Waals surface area contributed by atoms with E-state index in [0.717, 1.165) is 17.7 Å². The Balaban J connectivity index is 1.57. The molecule has 1 amide bonds. The number of halogens is 3. The first-order chi connectivity index (χ1) is 14.7. The molecule has 0 fully saturated rings. The third kappa shape index (κ3) is 6.58. The van der Waals surface area contributed by atoms with Crippen LogP contribution in [-0.2, 0) is 21.4 Å². The highest BCUT2D eigenvalue weighted by Gasteiger charge is 2.17. The van der Waals surface area contributed by atoms with Gasteiger partial charge in [0.1, 0.15) is 11.6 Å². The number of benzene rings is 3. The normalized spacial score (nSPS) is 11.1. The molecule has 6 nitrogen and oxygen atoms in total. The van der Waals surface area contributed by atoms with Crippen molar-refractivity contribution in [3.8, 4) is 5.75 Å². The van der Waals surface area contributed by atoms with E-state index in [4.69, 9.17) is 27.9 Å². The van der Waals surface area contributed by atoms with Crippen LogP contribution in [0.25, 0.3) is 0 Å². The Hall–Kier alpha value is -2.81. The zero-order valence-electron chi connectivity index (χ0n) is 15.9. The highest BCUT2D eigenvalue weighted by molar-refractivity contribution is 7.92. The lowest BCUT2D eigenvalue weighted by molar-refractivity contribution is -0.123. The van der Waals surface area contributed by atoms with Crippen molar-refractivity contribution in [1.29, 1.82) is 0 Å². The SMILES string of the molecule is O=C(COc1ccc(S(=O)(=O)Nc2ccc(F)cc2)cc1Cl)NCc1ccc(Cl)cc1. The quantitative estimate of drug-likeness (QED) is 0.490. The minimum absolute atomic E-state index is 0.0208. The van der Waals surface area contributed by atoms with Gasteiger partial charge in [-0.1, -0.05) is 35.3 Å². The Morgan fingerprint density at radius 1 is 0.968 bits per heavy atom. The van der Waals surface area contributed by atoms with Crippen molar-refractivity contribution in [1.82, 2.24) is 5.32 Å². The molecule has 0 aromatic heterocycles. The molecule has 0 saturated carbocycles. The van der Waals surface area contributed by atoms with E-state index in [0.29, 0.717) is 11.6 Å². The van der Waals surface area contributed by atoms with Gasteiger partial charge in [-0.05, 0) is 60.2 Å². The Kier molecular flexibility index (Phi) is 7.37. The van der Waals surface area contributed by atoms with Crippen LogP contribution in [0.1, 0.15) is 5.56 Å². The van der Waals surface area contributed by atoms with E-state index in [1.54, 1.807) is 24.3 Å². The topological polar surface area (TPSA) is 84.5 Å². The Morgan fingerprint density at radius 2 is 1.65 bits per heavy atom. The molecule has 0 heterocycles. The Morgan fingerprint density at radius 3 is 2.29 bits per heavy atom. The number of sulfonamides is 1. The molecule has 10 heteroatoms. The van der Waals surface area contributed by atoms with E-state index in [-0.39, 0.29) is 33.9 Å². The van der Waals surface area contributed by atoms with Crippen molar-refractivity contribution < 1.29 is 22.3 Å². The summed E-state index contributed by atoms with van der Waals surface area (Å²) in [5.74, 6) is -0.700. The summed E-state index contributed by atoms with van der Waals surface area (Å²) in [5.41, 5.74) is 1.08. The second-order valence-electron chi connectivity index (χ2n) is 6.40. The van der Waals surface area contributed by atoms with Gasteiger partial charge >= 0.3 is 0 Å². The maximum atomic E-state index is 13.0. The zero-order valence-corrected chi connectivity index (χ0v) is 18.3. The van der Waals surface area contributed by atoms with Gasteiger partial charge in [0.05, 0.1) is 9.92 Å². The van der Waals surface area contributed by atoms with Crippen LogP contribution in [0.2, 0.25) is 10.0 Å². The standard InChI is InChI=1S/C21H17Cl2FN2O4S/c22-15-3-1-14(2-4-15)12-25-21(27)13-30-20-10-9-18(11-19(20)23)31(28,29)26-17-7-5-16(24)6-8-17/h1-11,26H,12-13H2,(H,25,27). The van der Waals surface area contributed by atoms with Crippen molar-refractivity contribution in [3.63, 3.8) is 0 Å². The minimum atomic E-state index is -3.94. The fraction of sp³-hybridized carbons (Fsp3) is 0.0952. The zero-order chi connectivity index (χ0) is 22.4. The summed E-state index contributed by atoms with van der Waals surface area (Å²) in [5, 5.41) is 3.32. The van der Waals surface area contributed by atoms with Crippen molar-refractivity contribution >= 4 is 44.8 Å². The maximum absolute atomic E-state index is 13.0. The second-order valence-corrected chi connectivity index (χ2v) is 8.92. The van der Waals surface area contributed by atoms with E-state index in [1.807, 2.05) is 0 Å². The van der Waals surface area contributed by atoms with E-state index >= 15 is 0 Å². The molecular formula is C21H17Cl2FN2O4S. The molecule has 0 unspecified atom stereocenters.